The number of H-pyrrole nitrogens is 1. The van der Waals surface area contributed by atoms with Gasteiger partial charge in [-0.15, -0.1) is 0 Å². The minimum absolute atomic E-state index is 0.0942. The Bertz CT molecular complexity index is 1110. The van der Waals surface area contributed by atoms with Gasteiger partial charge in [0, 0.05) is 40.7 Å². The topological polar surface area (TPSA) is 103 Å². The third-order valence-electron chi connectivity index (χ3n) is 5.56. The van der Waals surface area contributed by atoms with E-state index in [4.69, 9.17) is 0 Å². The first kappa shape index (κ1) is 20.7. The molecule has 10 heteroatoms. The summed E-state index contributed by atoms with van der Waals surface area (Å²) in [5.41, 5.74) is 1.83. The van der Waals surface area contributed by atoms with Crippen molar-refractivity contribution in [2.24, 2.45) is 5.92 Å². The van der Waals surface area contributed by atoms with Gasteiger partial charge in [-0.2, -0.15) is 5.10 Å². The quantitative estimate of drug-likeness (QED) is 0.428. The van der Waals surface area contributed by atoms with Crippen LogP contribution in [0.25, 0.3) is 5.82 Å². The number of carbonyl (C=O) groups excluding carboxylic acids is 1. The van der Waals surface area contributed by atoms with E-state index < -0.39 is 0 Å². The fourth-order valence-corrected chi connectivity index (χ4v) is 4.74. The predicted octanol–water partition coefficient (Wildman–Crippen LogP) is 3.24. The number of amides is 1. The highest BCUT2D eigenvalue weighted by Crippen LogP contribution is 2.31. The van der Waals surface area contributed by atoms with Crippen LogP contribution in [0.2, 0.25) is 0 Å². The number of hydrogen-bond donors (Lipinski definition) is 4. The summed E-state index contributed by atoms with van der Waals surface area (Å²) in [6.45, 7) is 4.46. The molecule has 2 aromatic heterocycles. The molecule has 2 aliphatic rings. The molecule has 4 N–H and O–H groups in total. The van der Waals surface area contributed by atoms with Crippen molar-refractivity contribution in [2.45, 2.75) is 31.2 Å². The Morgan fingerprint density at radius 1 is 1.22 bits per heavy atom. The summed E-state index contributed by atoms with van der Waals surface area (Å²) >= 11 is 1.62. The van der Waals surface area contributed by atoms with Crippen molar-refractivity contribution in [3.63, 3.8) is 0 Å². The van der Waals surface area contributed by atoms with Gasteiger partial charge in [0.15, 0.2) is 5.82 Å². The van der Waals surface area contributed by atoms with Crippen molar-refractivity contribution in [1.82, 2.24) is 29.4 Å². The normalized spacial score (nSPS) is 16.4. The summed E-state index contributed by atoms with van der Waals surface area (Å²) in [5.74, 6) is 2.79. The highest BCUT2D eigenvalue weighted by Gasteiger charge is 2.21. The van der Waals surface area contributed by atoms with Gasteiger partial charge in [0.2, 0.25) is 5.91 Å². The molecule has 0 atom stereocenters. The highest BCUT2D eigenvalue weighted by molar-refractivity contribution is 7.97. The number of anilines is 2. The number of benzene rings is 1. The summed E-state index contributed by atoms with van der Waals surface area (Å²) in [7, 11) is 0. The average molecular weight is 451 g/mol. The summed E-state index contributed by atoms with van der Waals surface area (Å²) < 4.78 is 4.16. The van der Waals surface area contributed by atoms with E-state index in [0.717, 1.165) is 59.7 Å². The Morgan fingerprint density at radius 2 is 2.03 bits per heavy atom. The van der Waals surface area contributed by atoms with E-state index in [0.29, 0.717) is 6.54 Å². The van der Waals surface area contributed by atoms with Crippen molar-refractivity contribution in [3.8, 4) is 0 Å². The Balaban J connectivity index is 1.25. The Morgan fingerprint density at radius 3 is 2.78 bits per heavy atom. The van der Waals surface area contributed by atoms with Gasteiger partial charge >= 0.3 is 0 Å². The second kappa shape index (κ2) is 9.09. The maximum Gasteiger partial charge on any atom is 0.227 e. The minimum Gasteiger partial charge on any atom is -0.326 e. The zero-order valence-corrected chi connectivity index (χ0v) is 18.7. The zero-order valence-electron chi connectivity index (χ0n) is 17.8. The molecule has 9 nitrogen and oxygen atoms in total. The molecule has 1 amide bonds. The molecular formula is C22H26N8OS. The lowest BCUT2D eigenvalue weighted by Crippen LogP contribution is -2.34. The molecule has 0 bridgehead atoms. The fraction of sp³-hybridized carbons (Fsp3) is 0.318. The maximum atomic E-state index is 12.5. The predicted molar refractivity (Wildman–Crippen MR) is 126 cm³/mol. The van der Waals surface area contributed by atoms with Crippen molar-refractivity contribution in [2.75, 3.05) is 23.7 Å². The fourth-order valence-electron chi connectivity index (χ4n) is 3.88. The number of nitrogens with zero attached hydrogens (tertiary/aromatic N) is 4. The van der Waals surface area contributed by atoms with Crippen LogP contribution < -0.4 is 16.0 Å². The Hall–Kier alpha value is -3.24. The molecule has 32 heavy (non-hydrogen) atoms. The first-order chi connectivity index (χ1) is 15.6. The number of aromatic nitrogens is 4. The molecule has 1 fully saturated rings. The second-order valence-electron chi connectivity index (χ2n) is 7.99. The number of piperidine rings is 1. The molecule has 2 aliphatic heterocycles. The molecular weight excluding hydrogens is 424 g/mol. The molecule has 4 heterocycles. The average Bonchev–Trinajstić information content (AvgIpc) is 3.44. The van der Waals surface area contributed by atoms with E-state index in [1.807, 2.05) is 48.0 Å². The van der Waals surface area contributed by atoms with E-state index in [1.165, 1.54) is 0 Å². The second-order valence-corrected chi connectivity index (χ2v) is 9.12. The van der Waals surface area contributed by atoms with Crippen molar-refractivity contribution in [1.29, 1.82) is 0 Å². The summed E-state index contributed by atoms with van der Waals surface area (Å²) in [6.07, 6.45) is 7.58. The van der Waals surface area contributed by atoms with E-state index in [-0.39, 0.29) is 11.8 Å². The van der Waals surface area contributed by atoms with E-state index in [1.54, 1.807) is 18.1 Å². The number of carbonyl (C=O) groups is 1. The molecule has 1 aromatic carbocycles. The highest BCUT2D eigenvalue weighted by atomic mass is 32.2. The van der Waals surface area contributed by atoms with Gasteiger partial charge in [0.05, 0.1) is 12.7 Å². The third kappa shape index (κ3) is 4.66. The lowest BCUT2D eigenvalue weighted by molar-refractivity contribution is -0.120. The van der Waals surface area contributed by atoms with Crippen LogP contribution in [0, 0.1) is 12.8 Å². The minimum atomic E-state index is 0.0942. The van der Waals surface area contributed by atoms with Gasteiger partial charge in [-0.3, -0.25) is 14.5 Å². The van der Waals surface area contributed by atoms with Crippen LogP contribution in [0.15, 0.2) is 53.8 Å². The number of imidazole rings is 1. The molecule has 0 radical (unpaired) electrons. The standard InChI is InChI=1S/C22H26N8OS/c1-15-12-19(28-27-15)26-21-14-29(13-20-24-10-11-30(20)21)32-18-4-2-17(3-5-18)25-22(31)16-6-8-23-9-7-16/h2-5,10-12,14,16,23H,6-9,13H2,1H3,(H,25,31)(H2,26,27,28). The van der Waals surface area contributed by atoms with Crippen LogP contribution in [0.1, 0.15) is 24.4 Å². The number of nitrogens with one attached hydrogen (secondary N) is 4. The first-order valence-corrected chi connectivity index (χ1v) is 11.5. The van der Waals surface area contributed by atoms with Crippen LogP contribution in [0.3, 0.4) is 0 Å². The molecule has 3 aromatic rings. The molecule has 0 saturated carbocycles. The van der Waals surface area contributed by atoms with Gasteiger partial charge in [0.25, 0.3) is 0 Å². The molecule has 0 spiro atoms. The molecule has 166 valence electrons. The third-order valence-corrected chi connectivity index (χ3v) is 6.51. The Labute approximate surface area is 190 Å². The van der Waals surface area contributed by atoms with Gasteiger partial charge < -0.3 is 20.3 Å². The number of hydrogen-bond acceptors (Lipinski definition) is 7. The smallest absolute Gasteiger partial charge is 0.227 e. The molecule has 0 aliphatic carbocycles. The SMILES string of the molecule is Cc1cc(NC2=CN(Sc3ccc(NC(=O)C4CCNCC4)cc3)Cc3nccn32)n[nH]1. The summed E-state index contributed by atoms with van der Waals surface area (Å²) in [4.78, 5) is 18.0. The lowest BCUT2D eigenvalue weighted by atomic mass is 9.97. The van der Waals surface area contributed by atoms with Crippen LogP contribution in [-0.2, 0) is 11.3 Å². The largest absolute Gasteiger partial charge is 0.326 e. The zero-order chi connectivity index (χ0) is 21.9. The van der Waals surface area contributed by atoms with Crippen molar-refractivity contribution < 1.29 is 4.79 Å². The number of rotatable bonds is 6. The number of aryl methyl sites for hydroxylation is 1. The molecule has 1 saturated heterocycles. The van der Waals surface area contributed by atoms with Gasteiger partial charge in [-0.25, -0.2) is 4.98 Å². The Kier molecular flexibility index (Phi) is 5.87. The van der Waals surface area contributed by atoms with Gasteiger partial charge in [-0.05, 0) is 69.1 Å². The van der Waals surface area contributed by atoms with Crippen LogP contribution in [0.5, 0.6) is 0 Å². The van der Waals surface area contributed by atoms with E-state index >= 15 is 0 Å². The van der Waals surface area contributed by atoms with E-state index in [2.05, 4.69) is 41.6 Å². The lowest BCUT2D eigenvalue weighted by Gasteiger charge is -2.26. The molecule has 5 rings (SSSR count). The monoisotopic (exact) mass is 450 g/mol. The number of fused-ring (bicyclic) bond motifs is 1. The maximum absolute atomic E-state index is 12.5. The summed E-state index contributed by atoms with van der Waals surface area (Å²) in [6, 6.07) is 9.94. The van der Waals surface area contributed by atoms with Crippen LogP contribution in [-0.4, -0.2) is 43.1 Å². The number of aromatic amines is 1. The van der Waals surface area contributed by atoms with Crippen molar-refractivity contribution >= 4 is 35.2 Å². The van der Waals surface area contributed by atoms with Gasteiger partial charge in [0.1, 0.15) is 11.6 Å². The van der Waals surface area contributed by atoms with Crippen LogP contribution >= 0.6 is 11.9 Å². The van der Waals surface area contributed by atoms with Crippen molar-refractivity contribution in [3.05, 3.63) is 60.4 Å². The van der Waals surface area contributed by atoms with E-state index in [9.17, 15) is 4.79 Å². The molecule has 0 unspecified atom stereocenters. The first-order valence-electron chi connectivity index (χ1n) is 10.7. The van der Waals surface area contributed by atoms with Crippen LogP contribution in [0.4, 0.5) is 11.5 Å². The van der Waals surface area contributed by atoms with Gasteiger partial charge in [-0.1, -0.05) is 0 Å². The summed E-state index contributed by atoms with van der Waals surface area (Å²) in [5, 5.41) is 16.9.